The molecule has 0 fully saturated rings. The number of anilines is 1. The Hall–Kier alpha value is -3.76. The number of carbonyl (C=O) groups is 1. The fourth-order valence-corrected chi connectivity index (χ4v) is 5.41. The Morgan fingerprint density at radius 3 is 2.49 bits per heavy atom. The molecule has 3 aromatic carbocycles. The second kappa shape index (κ2) is 8.79. The van der Waals surface area contributed by atoms with Gasteiger partial charge in [0, 0.05) is 34.6 Å². The number of aryl methyl sites for hydroxylation is 3. The molecule has 0 radical (unpaired) electrons. The third-order valence-corrected chi connectivity index (χ3v) is 7.08. The molecule has 0 bridgehead atoms. The predicted molar refractivity (Wildman–Crippen MR) is 143 cm³/mol. The molecular weight excluding hydrogens is 454 g/mol. The largest absolute Gasteiger partial charge is 0.325 e. The maximum absolute atomic E-state index is 13.9. The summed E-state index contributed by atoms with van der Waals surface area (Å²) in [5, 5.41) is 3.85. The minimum atomic E-state index is -0.102. The molecule has 5 heteroatoms. The SMILES string of the molecule is Cc1cccc(-c2c3c4n(c(-c5ccc(Cl)cc5)cn4c2C(=O)Nc2ccccc2)CCCC3)c1. The zero-order valence-corrected chi connectivity index (χ0v) is 20.3. The van der Waals surface area contributed by atoms with Crippen molar-refractivity contribution in [1.82, 2.24) is 8.97 Å². The van der Waals surface area contributed by atoms with Gasteiger partial charge in [0.15, 0.2) is 0 Å². The molecule has 35 heavy (non-hydrogen) atoms. The van der Waals surface area contributed by atoms with Crippen LogP contribution in [0, 0.1) is 6.92 Å². The van der Waals surface area contributed by atoms with Gasteiger partial charge in [0.2, 0.25) is 0 Å². The van der Waals surface area contributed by atoms with Crippen LogP contribution in [0.5, 0.6) is 0 Å². The highest BCUT2D eigenvalue weighted by atomic mass is 35.5. The van der Waals surface area contributed by atoms with Crippen LogP contribution in [-0.2, 0) is 13.0 Å². The van der Waals surface area contributed by atoms with E-state index in [-0.39, 0.29) is 5.91 Å². The van der Waals surface area contributed by atoms with Crippen LogP contribution < -0.4 is 5.32 Å². The molecule has 2 aromatic heterocycles. The average molecular weight is 480 g/mol. The fourth-order valence-electron chi connectivity index (χ4n) is 5.28. The molecule has 1 amide bonds. The van der Waals surface area contributed by atoms with Crippen LogP contribution in [0.3, 0.4) is 0 Å². The number of carbonyl (C=O) groups excluding carboxylic acids is 1. The van der Waals surface area contributed by atoms with E-state index in [2.05, 4.69) is 63.8 Å². The van der Waals surface area contributed by atoms with Crippen LogP contribution in [0.25, 0.3) is 28.0 Å². The maximum Gasteiger partial charge on any atom is 0.273 e. The van der Waals surface area contributed by atoms with E-state index in [1.54, 1.807) is 0 Å². The van der Waals surface area contributed by atoms with E-state index in [1.165, 1.54) is 11.1 Å². The minimum Gasteiger partial charge on any atom is -0.325 e. The van der Waals surface area contributed by atoms with E-state index < -0.39 is 0 Å². The van der Waals surface area contributed by atoms with E-state index in [0.29, 0.717) is 10.7 Å². The lowest BCUT2D eigenvalue weighted by Gasteiger charge is -2.11. The summed E-state index contributed by atoms with van der Waals surface area (Å²) in [6.45, 7) is 3.01. The van der Waals surface area contributed by atoms with Crippen LogP contribution in [0.15, 0.2) is 85.1 Å². The Morgan fingerprint density at radius 1 is 0.914 bits per heavy atom. The Morgan fingerprint density at radius 2 is 1.71 bits per heavy atom. The van der Waals surface area contributed by atoms with Gasteiger partial charge in [-0.05, 0) is 61.6 Å². The van der Waals surface area contributed by atoms with Gasteiger partial charge in [-0.1, -0.05) is 71.8 Å². The van der Waals surface area contributed by atoms with Crippen molar-refractivity contribution in [2.24, 2.45) is 0 Å². The molecule has 1 aliphatic heterocycles. The van der Waals surface area contributed by atoms with Gasteiger partial charge in [-0.25, -0.2) is 0 Å². The molecule has 5 aromatic rings. The topological polar surface area (TPSA) is 38.4 Å². The Bertz CT molecular complexity index is 1540. The molecule has 1 N–H and O–H groups in total. The molecule has 0 aliphatic carbocycles. The van der Waals surface area contributed by atoms with Crippen molar-refractivity contribution >= 4 is 28.8 Å². The molecule has 0 saturated carbocycles. The van der Waals surface area contributed by atoms with Gasteiger partial charge in [-0.3, -0.25) is 9.20 Å². The standard InChI is InChI=1S/C30H26ClN3O/c1-20-8-7-9-22(18-20)27-25-12-5-6-17-33-26(21-13-15-23(31)16-14-21)19-34(30(25)33)28(27)29(35)32-24-10-3-2-4-11-24/h2-4,7-11,13-16,18-19H,5-6,12,17H2,1H3,(H,32,35). The monoisotopic (exact) mass is 479 g/mol. The molecule has 0 saturated heterocycles. The summed E-state index contributed by atoms with van der Waals surface area (Å²) in [5.41, 5.74) is 9.32. The number of halogens is 1. The van der Waals surface area contributed by atoms with Crippen molar-refractivity contribution < 1.29 is 4.79 Å². The van der Waals surface area contributed by atoms with E-state index in [4.69, 9.17) is 11.6 Å². The van der Waals surface area contributed by atoms with Gasteiger partial charge in [0.25, 0.3) is 5.91 Å². The zero-order valence-electron chi connectivity index (χ0n) is 19.6. The number of benzene rings is 3. The molecular formula is C30H26ClN3O. The normalized spacial score (nSPS) is 13.1. The minimum absolute atomic E-state index is 0.102. The van der Waals surface area contributed by atoms with Gasteiger partial charge < -0.3 is 9.88 Å². The van der Waals surface area contributed by atoms with Crippen molar-refractivity contribution in [2.75, 3.05) is 5.32 Å². The number of hydrogen-bond donors (Lipinski definition) is 1. The highest BCUT2D eigenvalue weighted by Crippen LogP contribution is 2.40. The van der Waals surface area contributed by atoms with Crippen molar-refractivity contribution in [1.29, 1.82) is 0 Å². The Balaban J connectivity index is 1.63. The first-order chi connectivity index (χ1) is 17.1. The quantitative estimate of drug-likeness (QED) is 0.283. The first kappa shape index (κ1) is 21.8. The van der Waals surface area contributed by atoms with Gasteiger partial charge in [0.05, 0.1) is 5.69 Å². The molecule has 0 atom stereocenters. The molecule has 174 valence electrons. The van der Waals surface area contributed by atoms with Gasteiger partial charge in [-0.2, -0.15) is 0 Å². The van der Waals surface area contributed by atoms with Crippen molar-refractivity contribution in [3.05, 3.63) is 107 Å². The van der Waals surface area contributed by atoms with Crippen molar-refractivity contribution in [3.63, 3.8) is 0 Å². The summed E-state index contributed by atoms with van der Waals surface area (Å²) in [6, 6.07) is 26.1. The highest BCUT2D eigenvalue weighted by molar-refractivity contribution is 6.30. The van der Waals surface area contributed by atoms with Crippen LogP contribution >= 0.6 is 11.6 Å². The number of rotatable bonds is 4. The smallest absolute Gasteiger partial charge is 0.273 e. The number of hydrogen-bond acceptors (Lipinski definition) is 1. The van der Waals surface area contributed by atoms with Gasteiger partial charge in [-0.15, -0.1) is 0 Å². The molecule has 3 heterocycles. The lowest BCUT2D eigenvalue weighted by atomic mass is 9.96. The van der Waals surface area contributed by atoms with E-state index in [1.807, 2.05) is 42.5 Å². The van der Waals surface area contributed by atoms with E-state index in [9.17, 15) is 4.79 Å². The van der Waals surface area contributed by atoms with Crippen LogP contribution in [0.4, 0.5) is 5.69 Å². The molecule has 4 nitrogen and oxygen atoms in total. The summed E-state index contributed by atoms with van der Waals surface area (Å²) in [7, 11) is 0. The van der Waals surface area contributed by atoms with Crippen LogP contribution in [-0.4, -0.2) is 14.9 Å². The Kier molecular flexibility index (Phi) is 5.46. The fraction of sp³-hybridized carbons (Fsp3) is 0.167. The maximum atomic E-state index is 13.9. The number of para-hydroxylation sites is 1. The number of imidazole rings is 1. The van der Waals surface area contributed by atoms with Gasteiger partial charge in [0.1, 0.15) is 11.3 Å². The van der Waals surface area contributed by atoms with E-state index in [0.717, 1.165) is 59.5 Å². The second-order valence-electron chi connectivity index (χ2n) is 9.22. The Labute approximate surface area is 209 Å². The molecule has 6 rings (SSSR count). The number of nitrogens with zero attached hydrogens (tertiary/aromatic N) is 2. The molecule has 1 aliphatic rings. The first-order valence-corrected chi connectivity index (χ1v) is 12.4. The second-order valence-corrected chi connectivity index (χ2v) is 9.65. The molecule has 0 spiro atoms. The summed E-state index contributed by atoms with van der Waals surface area (Å²) in [5.74, 6) is -0.102. The summed E-state index contributed by atoms with van der Waals surface area (Å²) in [6.07, 6.45) is 5.24. The first-order valence-electron chi connectivity index (χ1n) is 12.1. The molecule has 0 unspecified atom stereocenters. The third kappa shape index (κ3) is 3.84. The van der Waals surface area contributed by atoms with E-state index >= 15 is 0 Å². The summed E-state index contributed by atoms with van der Waals surface area (Å²) < 4.78 is 4.49. The number of nitrogens with one attached hydrogen (secondary N) is 1. The lowest BCUT2D eigenvalue weighted by molar-refractivity contribution is 0.102. The number of amides is 1. The summed E-state index contributed by atoms with van der Waals surface area (Å²) >= 11 is 6.17. The zero-order chi connectivity index (χ0) is 23.9. The average Bonchev–Trinajstić information content (AvgIpc) is 3.28. The lowest BCUT2D eigenvalue weighted by Crippen LogP contribution is -2.15. The predicted octanol–water partition coefficient (Wildman–Crippen LogP) is 7.63. The van der Waals surface area contributed by atoms with Crippen molar-refractivity contribution in [3.8, 4) is 22.4 Å². The summed E-state index contributed by atoms with van der Waals surface area (Å²) in [4.78, 5) is 13.9. The highest BCUT2D eigenvalue weighted by Gasteiger charge is 2.29. The number of aromatic nitrogens is 2. The van der Waals surface area contributed by atoms with Crippen LogP contribution in [0.2, 0.25) is 5.02 Å². The third-order valence-electron chi connectivity index (χ3n) is 6.83. The van der Waals surface area contributed by atoms with Crippen molar-refractivity contribution in [2.45, 2.75) is 32.7 Å². The van der Waals surface area contributed by atoms with Gasteiger partial charge >= 0.3 is 0 Å². The van der Waals surface area contributed by atoms with Crippen LogP contribution in [0.1, 0.15) is 34.5 Å².